The van der Waals surface area contributed by atoms with E-state index in [9.17, 15) is 14.3 Å². The van der Waals surface area contributed by atoms with Crippen LogP contribution < -0.4 is 0 Å². The third-order valence-corrected chi connectivity index (χ3v) is 12.5. The van der Waals surface area contributed by atoms with Gasteiger partial charge in [0.15, 0.2) is 0 Å². The standard InChI is InChI=1S/C58H104NO7P/c1-6-8-10-12-14-16-18-20-22-24-26-28-29-30-31-32-33-35-37-39-41-43-45-47-49-51-58(60)66-57(56-65-67(61,62)64-54-52-59(3,4)5)55-63-53-50-48-46-44-42-40-38-36-34-27-25-23-21-19-17-15-13-11-9-7-2/h8,10,14,16,20,22,26,28,30-31,33,35,39,41,57H,6-7,9,11-13,15,17-19,21,23-25,27,29,32,34,36-38,40,42-56H2,1-5H3/p+1/b10-8-,16-14-,22-20-,28-26-,31-30-,35-33-,41-39-. The monoisotopic (exact) mass is 959 g/mol. The Labute approximate surface area is 414 Å². The average Bonchev–Trinajstić information content (AvgIpc) is 3.29. The highest BCUT2D eigenvalue weighted by atomic mass is 31.2. The topological polar surface area (TPSA) is 91.3 Å². The third kappa shape index (κ3) is 54.5. The van der Waals surface area contributed by atoms with Gasteiger partial charge in [-0.15, -0.1) is 0 Å². The smallest absolute Gasteiger partial charge is 0.457 e. The maximum atomic E-state index is 12.8. The van der Waals surface area contributed by atoms with Crippen molar-refractivity contribution in [1.29, 1.82) is 0 Å². The number of allylic oxidation sites excluding steroid dienone is 14. The number of rotatable bonds is 50. The van der Waals surface area contributed by atoms with Crippen LogP contribution in [0, 0.1) is 0 Å². The first-order chi connectivity index (χ1) is 32.6. The summed E-state index contributed by atoms with van der Waals surface area (Å²) in [5, 5.41) is 0. The molecule has 0 aliphatic carbocycles. The molecule has 0 amide bonds. The molecule has 0 aromatic heterocycles. The van der Waals surface area contributed by atoms with Crippen molar-refractivity contribution in [2.24, 2.45) is 0 Å². The van der Waals surface area contributed by atoms with Crippen molar-refractivity contribution < 1.29 is 37.3 Å². The molecule has 0 aliphatic rings. The predicted molar refractivity (Wildman–Crippen MR) is 288 cm³/mol. The summed E-state index contributed by atoms with van der Waals surface area (Å²) in [6.07, 6.45) is 67.8. The lowest BCUT2D eigenvalue weighted by Gasteiger charge is -2.24. The van der Waals surface area contributed by atoms with Crippen LogP contribution in [0.15, 0.2) is 85.1 Å². The number of phosphoric ester groups is 1. The lowest BCUT2D eigenvalue weighted by Crippen LogP contribution is -2.37. The van der Waals surface area contributed by atoms with Crippen LogP contribution in [0.25, 0.3) is 0 Å². The number of likely N-dealkylation sites (N-methyl/N-ethyl adjacent to an activating group) is 1. The SMILES string of the molecule is CC/C=C\C/C=C\C/C=C\C/C=C\C/C=C\C/C=C\C/C=C\CCCCCC(=O)OC(COCCCCCCCCCCCCCCCCCCCCCC)COP(=O)(O)OCC[N+](C)(C)C. The molecule has 0 rings (SSSR count). The number of ether oxygens (including phenoxy) is 2. The molecule has 0 spiro atoms. The first-order valence-electron chi connectivity index (χ1n) is 27.3. The zero-order chi connectivity index (χ0) is 49.0. The minimum absolute atomic E-state index is 0.0787. The molecule has 67 heavy (non-hydrogen) atoms. The highest BCUT2D eigenvalue weighted by molar-refractivity contribution is 7.47. The summed E-state index contributed by atoms with van der Waals surface area (Å²) in [6.45, 7) is 5.48. The number of hydrogen-bond donors (Lipinski definition) is 1. The van der Waals surface area contributed by atoms with E-state index in [-0.39, 0.29) is 32.2 Å². The van der Waals surface area contributed by atoms with Crippen LogP contribution in [0.3, 0.4) is 0 Å². The Hall–Kier alpha value is -2.32. The largest absolute Gasteiger partial charge is 0.472 e. The molecule has 0 saturated carbocycles. The summed E-state index contributed by atoms with van der Waals surface area (Å²) >= 11 is 0. The summed E-state index contributed by atoms with van der Waals surface area (Å²) in [6, 6.07) is 0. The maximum absolute atomic E-state index is 12.8. The minimum atomic E-state index is -4.30. The van der Waals surface area contributed by atoms with Gasteiger partial charge in [0.25, 0.3) is 0 Å². The molecule has 0 heterocycles. The van der Waals surface area contributed by atoms with Crippen LogP contribution in [-0.4, -0.2) is 75.6 Å². The lowest BCUT2D eigenvalue weighted by molar-refractivity contribution is -0.870. The van der Waals surface area contributed by atoms with E-state index in [1.54, 1.807) is 0 Å². The Morgan fingerprint density at radius 3 is 1.28 bits per heavy atom. The van der Waals surface area contributed by atoms with Crippen molar-refractivity contribution in [2.75, 3.05) is 54.1 Å². The second-order valence-corrected chi connectivity index (χ2v) is 20.7. The number of phosphoric acid groups is 1. The molecule has 1 N–H and O–H groups in total. The summed E-state index contributed by atoms with van der Waals surface area (Å²) in [7, 11) is 1.64. The molecule has 0 bridgehead atoms. The number of hydrogen-bond acceptors (Lipinski definition) is 6. The van der Waals surface area contributed by atoms with Gasteiger partial charge in [-0.2, -0.15) is 0 Å². The van der Waals surface area contributed by atoms with E-state index in [0.29, 0.717) is 17.6 Å². The molecule has 388 valence electrons. The zero-order valence-electron chi connectivity index (χ0n) is 44.1. The van der Waals surface area contributed by atoms with Crippen molar-refractivity contribution >= 4 is 13.8 Å². The normalized spacial score (nSPS) is 14.2. The minimum Gasteiger partial charge on any atom is -0.457 e. The fourth-order valence-electron chi connectivity index (χ4n) is 7.30. The van der Waals surface area contributed by atoms with E-state index in [0.717, 1.165) is 83.5 Å². The Morgan fingerprint density at radius 2 is 0.866 bits per heavy atom. The lowest BCUT2D eigenvalue weighted by atomic mass is 10.0. The van der Waals surface area contributed by atoms with Crippen LogP contribution in [0.4, 0.5) is 0 Å². The van der Waals surface area contributed by atoms with Gasteiger partial charge in [-0.05, 0) is 70.6 Å². The van der Waals surface area contributed by atoms with E-state index < -0.39 is 13.9 Å². The number of nitrogens with zero attached hydrogens (tertiary/aromatic N) is 1. The van der Waals surface area contributed by atoms with E-state index in [1.807, 2.05) is 21.1 Å². The van der Waals surface area contributed by atoms with Gasteiger partial charge in [0.05, 0.1) is 34.4 Å². The van der Waals surface area contributed by atoms with Gasteiger partial charge in [0.2, 0.25) is 0 Å². The Kier molecular flexibility index (Phi) is 48.3. The van der Waals surface area contributed by atoms with Crippen LogP contribution in [-0.2, 0) is 27.9 Å². The summed E-state index contributed by atoms with van der Waals surface area (Å²) in [4.78, 5) is 23.0. The van der Waals surface area contributed by atoms with E-state index in [1.165, 1.54) is 116 Å². The number of carbonyl (C=O) groups is 1. The highest BCUT2D eigenvalue weighted by Crippen LogP contribution is 2.43. The Morgan fingerprint density at radius 1 is 0.478 bits per heavy atom. The molecule has 0 radical (unpaired) electrons. The van der Waals surface area contributed by atoms with Crippen molar-refractivity contribution in [3.8, 4) is 0 Å². The molecule has 2 atom stereocenters. The molecule has 0 aliphatic heterocycles. The molecular weight excluding hydrogens is 854 g/mol. The van der Waals surface area contributed by atoms with Gasteiger partial charge in [-0.25, -0.2) is 4.57 Å². The second-order valence-electron chi connectivity index (χ2n) is 19.2. The van der Waals surface area contributed by atoms with Crippen molar-refractivity contribution in [3.63, 3.8) is 0 Å². The quantitative estimate of drug-likeness (QED) is 0.0213. The molecular formula is C58H105NO7P+. The summed E-state index contributed by atoms with van der Waals surface area (Å²) < 4.78 is 35.2. The van der Waals surface area contributed by atoms with Gasteiger partial charge in [0, 0.05) is 13.0 Å². The van der Waals surface area contributed by atoms with Crippen molar-refractivity contribution in [3.05, 3.63) is 85.1 Å². The van der Waals surface area contributed by atoms with Crippen molar-refractivity contribution in [1.82, 2.24) is 0 Å². The Bertz CT molecular complexity index is 1340. The average molecular weight is 959 g/mol. The van der Waals surface area contributed by atoms with Crippen molar-refractivity contribution in [2.45, 2.75) is 225 Å². The fraction of sp³-hybridized carbons (Fsp3) is 0.741. The van der Waals surface area contributed by atoms with E-state index in [4.69, 9.17) is 18.5 Å². The Balaban J connectivity index is 4.20. The zero-order valence-corrected chi connectivity index (χ0v) is 45.0. The molecule has 0 aromatic carbocycles. The number of quaternary nitrogens is 1. The highest BCUT2D eigenvalue weighted by Gasteiger charge is 2.26. The van der Waals surface area contributed by atoms with E-state index in [2.05, 4.69) is 98.9 Å². The number of esters is 1. The summed E-state index contributed by atoms with van der Waals surface area (Å²) in [5.41, 5.74) is 0. The molecule has 0 fully saturated rings. The second kappa shape index (κ2) is 50.1. The number of unbranched alkanes of at least 4 members (excludes halogenated alkanes) is 22. The molecule has 2 unspecified atom stereocenters. The fourth-order valence-corrected chi connectivity index (χ4v) is 8.04. The first-order valence-corrected chi connectivity index (χ1v) is 28.8. The molecule has 0 aromatic rings. The van der Waals surface area contributed by atoms with E-state index >= 15 is 0 Å². The van der Waals surface area contributed by atoms with Crippen LogP contribution in [0.1, 0.15) is 219 Å². The van der Waals surface area contributed by atoms with Crippen LogP contribution in [0.2, 0.25) is 0 Å². The van der Waals surface area contributed by atoms with Gasteiger partial charge in [0.1, 0.15) is 19.3 Å². The summed E-state index contributed by atoms with van der Waals surface area (Å²) in [5.74, 6) is -0.345. The van der Waals surface area contributed by atoms with Gasteiger partial charge < -0.3 is 18.9 Å². The molecule has 9 heteroatoms. The van der Waals surface area contributed by atoms with Crippen LogP contribution in [0.5, 0.6) is 0 Å². The first kappa shape index (κ1) is 64.7. The third-order valence-electron chi connectivity index (χ3n) is 11.5. The molecule has 0 saturated heterocycles. The van der Waals surface area contributed by atoms with Crippen LogP contribution >= 0.6 is 7.82 Å². The van der Waals surface area contributed by atoms with Gasteiger partial charge in [-0.1, -0.05) is 227 Å². The number of carbonyl (C=O) groups excluding carboxylic acids is 1. The van der Waals surface area contributed by atoms with Gasteiger partial charge >= 0.3 is 13.8 Å². The van der Waals surface area contributed by atoms with Gasteiger partial charge in [-0.3, -0.25) is 13.8 Å². The maximum Gasteiger partial charge on any atom is 0.472 e. The molecule has 8 nitrogen and oxygen atoms in total. The predicted octanol–water partition coefficient (Wildman–Crippen LogP) is 17.2.